The first-order valence-electron chi connectivity index (χ1n) is 6.55. The molecule has 0 saturated carbocycles. The molecule has 1 amide bonds. The Kier molecular flexibility index (Phi) is 5.00. The first kappa shape index (κ1) is 15.1. The van der Waals surface area contributed by atoms with Gasteiger partial charge in [-0.05, 0) is 18.6 Å². The molecule has 0 bridgehead atoms. The van der Waals surface area contributed by atoms with Crippen molar-refractivity contribution < 1.29 is 9.21 Å². The van der Waals surface area contributed by atoms with E-state index in [1.165, 1.54) is 0 Å². The Morgan fingerprint density at radius 2 is 2.19 bits per heavy atom. The number of carbonyl (C=O) groups excluding carboxylic acids is 1. The Bertz CT molecular complexity index is 674. The molecule has 2 aromatic heterocycles. The molecular weight excluding hydrogens is 290 g/mol. The van der Waals surface area contributed by atoms with Crippen LogP contribution in [0.1, 0.15) is 17.0 Å². The maximum atomic E-state index is 12.0. The molecule has 0 saturated heterocycles. The third-order valence-corrected chi connectivity index (χ3v) is 3.09. The van der Waals surface area contributed by atoms with Crippen LogP contribution in [0.15, 0.2) is 53.5 Å². The Morgan fingerprint density at radius 3 is 2.95 bits per heavy atom. The van der Waals surface area contributed by atoms with Crippen molar-refractivity contribution in [2.75, 3.05) is 6.54 Å². The number of para-hydroxylation sites is 1. The van der Waals surface area contributed by atoms with Crippen LogP contribution in [0.2, 0.25) is 0 Å². The Balaban J connectivity index is 0.00000161. The smallest absolute Gasteiger partial charge is 0.287 e. The number of fused-ring (bicyclic) bond motifs is 1. The van der Waals surface area contributed by atoms with E-state index in [2.05, 4.69) is 10.3 Å². The second-order valence-electron chi connectivity index (χ2n) is 4.56. The van der Waals surface area contributed by atoms with Crippen LogP contribution in [0.3, 0.4) is 0 Å². The van der Waals surface area contributed by atoms with E-state index < -0.39 is 0 Å². The number of furan rings is 1. The fourth-order valence-electron chi connectivity index (χ4n) is 2.06. The molecular formula is C15H16ClN3O2. The number of benzene rings is 1. The van der Waals surface area contributed by atoms with Crippen LogP contribution in [-0.4, -0.2) is 22.0 Å². The number of aryl methyl sites for hydroxylation is 1. The molecule has 1 aromatic carbocycles. The zero-order valence-electron chi connectivity index (χ0n) is 11.4. The lowest BCUT2D eigenvalue weighted by atomic mass is 10.2. The molecule has 0 atom stereocenters. The van der Waals surface area contributed by atoms with Crippen LogP contribution in [-0.2, 0) is 6.54 Å². The topological polar surface area (TPSA) is 60.1 Å². The number of hydrogen-bond donors (Lipinski definition) is 1. The van der Waals surface area contributed by atoms with Crippen molar-refractivity contribution in [2.24, 2.45) is 0 Å². The number of aromatic nitrogens is 2. The molecule has 0 aliphatic rings. The lowest BCUT2D eigenvalue weighted by Crippen LogP contribution is -2.24. The molecule has 110 valence electrons. The maximum absolute atomic E-state index is 12.0. The average molecular weight is 306 g/mol. The van der Waals surface area contributed by atoms with Gasteiger partial charge in [-0.1, -0.05) is 18.2 Å². The molecule has 1 N–H and O–H groups in total. The third-order valence-electron chi connectivity index (χ3n) is 3.09. The van der Waals surface area contributed by atoms with Gasteiger partial charge < -0.3 is 14.3 Å². The second kappa shape index (κ2) is 6.95. The molecule has 0 spiro atoms. The number of halogens is 1. The van der Waals surface area contributed by atoms with E-state index in [0.29, 0.717) is 12.3 Å². The van der Waals surface area contributed by atoms with Crippen molar-refractivity contribution in [3.63, 3.8) is 0 Å². The molecule has 3 rings (SSSR count). The van der Waals surface area contributed by atoms with Gasteiger partial charge in [0.2, 0.25) is 0 Å². The van der Waals surface area contributed by atoms with Crippen LogP contribution in [0.25, 0.3) is 11.0 Å². The number of imidazole rings is 1. The molecule has 0 unspecified atom stereocenters. The lowest BCUT2D eigenvalue weighted by molar-refractivity contribution is 0.0927. The molecule has 6 heteroatoms. The minimum Gasteiger partial charge on any atom is -0.451 e. The van der Waals surface area contributed by atoms with E-state index in [1.807, 2.05) is 35.0 Å². The van der Waals surface area contributed by atoms with Crippen LogP contribution < -0.4 is 5.32 Å². The minimum absolute atomic E-state index is 0. The summed E-state index contributed by atoms with van der Waals surface area (Å²) >= 11 is 0. The van der Waals surface area contributed by atoms with E-state index in [4.69, 9.17) is 4.42 Å². The highest BCUT2D eigenvalue weighted by Crippen LogP contribution is 2.18. The number of rotatable bonds is 5. The van der Waals surface area contributed by atoms with Gasteiger partial charge in [0.1, 0.15) is 5.58 Å². The first-order chi connectivity index (χ1) is 9.83. The molecule has 5 nitrogen and oxygen atoms in total. The third kappa shape index (κ3) is 3.64. The van der Waals surface area contributed by atoms with Crippen LogP contribution in [0, 0.1) is 0 Å². The van der Waals surface area contributed by atoms with Gasteiger partial charge in [-0.3, -0.25) is 4.79 Å². The first-order valence-corrected chi connectivity index (χ1v) is 6.55. The highest BCUT2D eigenvalue weighted by molar-refractivity contribution is 5.95. The molecule has 0 radical (unpaired) electrons. The van der Waals surface area contributed by atoms with E-state index in [9.17, 15) is 4.79 Å². The SMILES string of the molecule is Cl.O=C(NCCCn1ccnc1)c1cc2ccccc2o1. The van der Waals surface area contributed by atoms with E-state index in [-0.39, 0.29) is 18.3 Å². The zero-order valence-corrected chi connectivity index (χ0v) is 12.2. The largest absolute Gasteiger partial charge is 0.451 e. The van der Waals surface area contributed by atoms with Gasteiger partial charge in [-0.25, -0.2) is 4.98 Å². The van der Waals surface area contributed by atoms with Gasteiger partial charge in [0.15, 0.2) is 5.76 Å². The van der Waals surface area contributed by atoms with Gasteiger partial charge in [-0.2, -0.15) is 0 Å². The quantitative estimate of drug-likeness (QED) is 0.737. The van der Waals surface area contributed by atoms with Gasteiger partial charge in [0.25, 0.3) is 5.91 Å². The normalized spacial score (nSPS) is 10.3. The summed E-state index contributed by atoms with van der Waals surface area (Å²) in [5.41, 5.74) is 0.732. The van der Waals surface area contributed by atoms with E-state index >= 15 is 0 Å². The fourth-order valence-corrected chi connectivity index (χ4v) is 2.06. The number of nitrogens with zero attached hydrogens (tertiary/aromatic N) is 2. The van der Waals surface area contributed by atoms with Crippen molar-refractivity contribution in [3.05, 3.63) is 54.8 Å². The summed E-state index contributed by atoms with van der Waals surface area (Å²) in [5, 5.41) is 3.80. The number of amides is 1. The average Bonchev–Trinajstić information content (AvgIpc) is 3.12. The Labute approximate surface area is 128 Å². The Hall–Kier alpha value is -2.27. The summed E-state index contributed by atoms with van der Waals surface area (Å²) in [5.74, 6) is 0.181. The summed E-state index contributed by atoms with van der Waals surface area (Å²) in [6.45, 7) is 1.44. The number of nitrogens with one attached hydrogen (secondary N) is 1. The molecule has 21 heavy (non-hydrogen) atoms. The standard InChI is InChI=1S/C15H15N3O2.ClH/c19-15(17-6-3-8-18-9-7-16-11-18)14-10-12-4-1-2-5-13(12)20-14;/h1-2,4-5,7,9-11H,3,6,8H2,(H,17,19);1H. The highest BCUT2D eigenvalue weighted by Gasteiger charge is 2.10. The van der Waals surface area contributed by atoms with Crippen molar-refractivity contribution in [3.8, 4) is 0 Å². The molecule has 0 aliphatic heterocycles. The highest BCUT2D eigenvalue weighted by atomic mass is 35.5. The van der Waals surface area contributed by atoms with E-state index in [1.54, 1.807) is 18.6 Å². The molecule has 3 aromatic rings. The number of hydrogen-bond acceptors (Lipinski definition) is 3. The summed E-state index contributed by atoms with van der Waals surface area (Å²) in [4.78, 5) is 15.9. The van der Waals surface area contributed by atoms with Crippen molar-refractivity contribution in [2.45, 2.75) is 13.0 Å². The summed E-state index contributed by atoms with van der Waals surface area (Å²) in [6, 6.07) is 9.35. The molecule has 0 aliphatic carbocycles. The van der Waals surface area contributed by atoms with Crippen LogP contribution >= 0.6 is 12.4 Å². The van der Waals surface area contributed by atoms with Crippen molar-refractivity contribution in [1.29, 1.82) is 0 Å². The summed E-state index contributed by atoms with van der Waals surface area (Å²) in [7, 11) is 0. The maximum Gasteiger partial charge on any atom is 0.287 e. The van der Waals surface area contributed by atoms with Gasteiger partial charge in [0.05, 0.1) is 6.33 Å². The van der Waals surface area contributed by atoms with Crippen molar-refractivity contribution in [1.82, 2.24) is 14.9 Å². The fraction of sp³-hybridized carbons (Fsp3) is 0.200. The predicted molar refractivity (Wildman–Crippen MR) is 82.6 cm³/mol. The van der Waals surface area contributed by atoms with Crippen LogP contribution in [0.5, 0.6) is 0 Å². The minimum atomic E-state index is -0.174. The van der Waals surface area contributed by atoms with Gasteiger partial charge in [-0.15, -0.1) is 12.4 Å². The summed E-state index contributed by atoms with van der Waals surface area (Å²) < 4.78 is 7.49. The molecule has 0 fully saturated rings. The predicted octanol–water partition coefficient (Wildman–Crippen LogP) is 2.87. The monoisotopic (exact) mass is 305 g/mol. The summed E-state index contributed by atoms with van der Waals surface area (Å²) in [6.07, 6.45) is 6.26. The Morgan fingerprint density at radius 1 is 1.33 bits per heavy atom. The molecule has 2 heterocycles. The zero-order chi connectivity index (χ0) is 13.8. The van der Waals surface area contributed by atoms with Gasteiger partial charge in [0, 0.05) is 30.9 Å². The lowest BCUT2D eigenvalue weighted by Gasteiger charge is -2.03. The van der Waals surface area contributed by atoms with Gasteiger partial charge >= 0.3 is 0 Å². The van der Waals surface area contributed by atoms with E-state index in [0.717, 1.165) is 23.9 Å². The number of carbonyl (C=O) groups is 1. The van der Waals surface area contributed by atoms with Crippen LogP contribution in [0.4, 0.5) is 0 Å². The van der Waals surface area contributed by atoms with Crippen molar-refractivity contribution >= 4 is 29.3 Å². The second-order valence-corrected chi connectivity index (χ2v) is 4.56.